The molecule has 4 heteroatoms. The Morgan fingerprint density at radius 2 is 0.640 bits per heavy atom. The number of hydrogen-bond donors (Lipinski definition) is 1. The maximum absolute atomic E-state index is 15.2. The molecule has 1 amide bonds. The van der Waals surface area contributed by atoms with Crippen LogP contribution in [-0.4, -0.2) is 11.0 Å². The number of anilines is 1. The van der Waals surface area contributed by atoms with Crippen molar-refractivity contribution >= 4 is 28.5 Å². The first-order valence-corrected chi connectivity index (χ1v) is 17.4. The van der Waals surface area contributed by atoms with Gasteiger partial charge < -0.3 is 5.32 Å². The van der Waals surface area contributed by atoms with Gasteiger partial charge in [-0.2, -0.15) is 0 Å². The molecule has 0 saturated carbocycles. The van der Waals surface area contributed by atoms with Gasteiger partial charge in [0.05, 0.1) is 5.69 Å². The van der Waals surface area contributed by atoms with Crippen LogP contribution in [0.2, 0.25) is 0 Å². The highest BCUT2D eigenvalue weighted by Crippen LogP contribution is 2.46. The zero-order valence-corrected chi connectivity index (χ0v) is 28.2. The van der Waals surface area contributed by atoms with Crippen LogP contribution in [0.4, 0.5) is 5.69 Å². The summed E-state index contributed by atoms with van der Waals surface area (Å²) in [4.78, 5) is 31.0. The van der Waals surface area contributed by atoms with Crippen molar-refractivity contribution in [1.82, 2.24) is 0 Å². The van der Waals surface area contributed by atoms with Crippen LogP contribution in [0.3, 0.4) is 0 Å². The molecule has 0 saturated heterocycles. The minimum absolute atomic E-state index is 0.0803. The standard InChI is InChI=1S/C46H35NO2S/c48-43(45(35-21-7-1-8-22-35,36-23-9-2-10-24-36)37-25-11-3-12-26-37)47-41-33-19-20-34-42(41)50-44(49)46(38-27-13-4-14-28-38,39-29-15-5-16-30-39)40-31-17-6-18-32-40/h1-34H,(H,47,48). The number of carbonyl (C=O) groups excluding carboxylic acids is 2. The molecule has 0 unspecified atom stereocenters. The van der Waals surface area contributed by atoms with E-state index in [9.17, 15) is 0 Å². The van der Waals surface area contributed by atoms with Gasteiger partial charge in [-0.25, -0.2) is 0 Å². The van der Waals surface area contributed by atoms with Crippen molar-refractivity contribution in [2.24, 2.45) is 0 Å². The number of nitrogens with one attached hydrogen (secondary N) is 1. The normalized spacial score (nSPS) is 11.4. The van der Waals surface area contributed by atoms with Crippen molar-refractivity contribution < 1.29 is 9.59 Å². The Labute approximate surface area is 297 Å². The lowest BCUT2D eigenvalue weighted by molar-refractivity contribution is -0.119. The summed E-state index contributed by atoms with van der Waals surface area (Å²) in [6, 6.07) is 67.0. The van der Waals surface area contributed by atoms with E-state index in [4.69, 9.17) is 0 Å². The minimum atomic E-state index is -1.17. The highest BCUT2D eigenvalue weighted by atomic mass is 32.2. The zero-order chi connectivity index (χ0) is 34.2. The summed E-state index contributed by atoms with van der Waals surface area (Å²) in [5, 5.41) is 3.23. The van der Waals surface area contributed by atoms with Crippen LogP contribution in [0.15, 0.2) is 211 Å². The molecule has 0 aliphatic carbocycles. The van der Waals surface area contributed by atoms with Gasteiger partial charge in [-0.1, -0.05) is 194 Å². The molecule has 7 aromatic rings. The smallest absolute Gasteiger partial charge is 0.244 e. The second-order valence-corrected chi connectivity index (χ2v) is 13.1. The van der Waals surface area contributed by atoms with E-state index >= 15 is 9.59 Å². The van der Waals surface area contributed by atoms with E-state index < -0.39 is 10.8 Å². The van der Waals surface area contributed by atoms with Crippen LogP contribution in [0.1, 0.15) is 33.4 Å². The molecule has 0 bridgehead atoms. The fourth-order valence-corrected chi connectivity index (χ4v) is 8.01. The molecule has 242 valence electrons. The quantitative estimate of drug-likeness (QED) is 0.117. The third-order valence-corrected chi connectivity index (χ3v) is 10.3. The van der Waals surface area contributed by atoms with Crippen LogP contribution in [0, 0.1) is 0 Å². The van der Waals surface area contributed by atoms with Crippen LogP contribution in [0.5, 0.6) is 0 Å². The molecule has 0 aliphatic rings. The molecule has 7 rings (SSSR count). The molecule has 0 atom stereocenters. The van der Waals surface area contributed by atoms with E-state index in [1.54, 1.807) is 0 Å². The van der Waals surface area contributed by atoms with Crippen LogP contribution < -0.4 is 5.32 Å². The van der Waals surface area contributed by atoms with Gasteiger partial charge in [0.1, 0.15) is 10.8 Å². The highest BCUT2D eigenvalue weighted by Gasteiger charge is 2.46. The van der Waals surface area contributed by atoms with Gasteiger partial charge in [0.15, 0.2) is 0 Å². The number of hydrogen-bond acceptors (Lipinski definition) is 3. The van der Waals surface area contributed by atoms with Crippen molar-refractivity contribution in [2.45, 2.75) is 15.7 Å². The molecule has 50 heavy (non-hydrogen) atoms. The highest BCUT2D eigenvalue weighted by molar-refractivity contribution is 8.14. The summed E-state index contributed by atoms with van der Waals surface area (Å²) in [5.74, 6) is -0.220. The zero-order valence-electron chi connectivity index (χ0n) is 27.4. The molecule has 1 N–H and O–H groups in total. The lowest BCUT2D eigenvalue weighted by Crippen LogP contribution is -2.42. The predicted molar refractivity (Wildman–Crippen MR) is 204 cm³/mol. The second kappa shape index (κ2) is 14.7. The van der Waals surface area contributed by atoms with Crippen molar-refractivity contribution in [3.63, 3.8) is 0 Å². The Morgan fingerprint density at radius 1 is 0.360 bits per heavy atom. The molecular formula is C46H35NO2S. The second-order valence-electron chi connectivity index (χ2n) is 12.0. The van der Waals surface area contributed by atoms with Gasteiger partial charge in [0, 0.05) is 4.90 Å². The summed E-state index contributed by atoms with van der Waals surface area (Å²) < 4.78 is 0. The number of amides is 1. The van der Waals surface area contributed by atoms with Crippen molar-refractivity contribution in [1.29, 1.82) is 0 Å². The summed E-state index contributed by atoms with van der Waals surface area (Å²) in [6.45, 7) is 0. The van der Waals surface area contributed by atoms with Gasteiger partial charge in [0.25, 0.3) is 0 Å². The minimum Gasteiger partial charge on any atom is -0.324 e. The summed E-state index contributed by atoms with van der Waals surface area (Å²) in [5.41, 5.74) is 3.40. The molecular weight excluding hydrogens is 631 g/mol. The fourth-order valence-electron chi connectivity index (χ4n) is 6.93. The number of para-hydroxylation sites is 1. The van der Waals surface area contributed by atoms with Crippen LogP contribution >= 0.6 is 11.8 Å². The predicted octanol–water partition coefficient (Wildman–Crippen LogP) is 10.3. The number of carbonyl (C=O) groups is 2. The van der Waals surface area contributed by atoms with E-state index in [2.05, 4.69) is 5.32 Å². The molecule has 0 aromatic heterocycles. The molecule has 0 fully saturated rings. The molecule has 7 aromatic carbocycles. The molecule has 0 spiro atoms. The SMILES string of the molecule is O=C(Nc1ccccc1SC(=O)C(c1ccccc1)(c1ccccc1)c1ccccc1)C(c1ccccc1)(c1ccccc1)c1ccccc1. The van der Waals surface area contributed by atoms with Gasteiger partial charge in [-0.3, -0.25) is 9.59 Å². The van der Waals surface area contributed by atoms with E-state index in [-0.39, 0.29) is 11.0 Å². The Balaban J connectivity index is 1.35. The molecule has 0 radical (unpaired) electrons. The number of rotatable bonds is 10. The van der Waals surface area contributed by atoms with Crippen molar-refractivity contribution in [3.05, 3.63) is 240 Å². The van der Waals surface area contributed by atoms with Crippen LogP contribution in [-0.2, 0) is 20.4 Å². The third-order valence-electron chi connectivity index (χ3n) is 9.23. The number of thioether (sulfide) groups is 1. The first kappa shape index (κ1) is 32.6. The monoisotopic (exact) mass is 665 g/mol. The lowest BCUT2D eigenvalue weighted by Gasteiger charge is -2.35. The van der Waals surface area contributed by atoms with Crippen LogP contribution in [0.25, 0.3) is 0 Å². The first-order valence-electron chi connectivity index (χ1n) is 16.6. The molecule has 0 aliphatic heterocycles. The van der Waals surface area contributed by atoms with Gasteiger partial charge in [-0.15, -0.1) is 0 Å². The van der Waals surface area contributed by atoms with E-state index in [1.165, 1.54) is 0 Å². The maximum atomic E-state index is 15.2. The third kappa shape index (κ3) is 5.95. The average Bonchev–Trinajstić information content (AvgIpc) is 3.19. The largest absolute Gasteiger partial charge is 0.324 e. The summed E-state index contributed by atoms with van der Waals surface area (Å²) in [6.07, 6.45) is 0. The summed E-state index contributed by atoms with van der Waals surface area (Å²) in [7, 11) is 0. The fraction of sp³-hybridized carbons (Fsp3) is 0.0435. The van der Waals surface area contributed by atoms with Crippen molar-refractivity contribution in [2.75, 3.05) is 5.32 Å². The van der Waals surface area contributed by atoms with Gasteiger partial charge >= 0.3 is 0 Å². The Morgan fingerprint density at radius 3 is 0.980 bits per heavy atom. The Hall–Kier alpha value is -5.97. The van der Waals surface area contributed by atoms with Crippen molar-refractivity contribution in [3.8, 4) is 0 Å². The molecule has 0 heterocycles. The topological polar surface area (TPSA) is 46.2 Å². The Bertz CT molecular complexity index is 1820. The maximum Gasteiger partial charge on any atom is 0.244 e. The van der Waals surface area contributed by atoms with E-state index in [0.29, 0.717) is 10.6 Å². The average molecular weight is 666 g/mol. The molecule has 3 nitrogen and oxygen atoms in total. The van der Waals surface area contributed by atoms with E-state index in [0.717, 1.165) is 45.1 Å². The number of benzene rings is 7. The van der Waals surface area contributed by atoms with Gasteiger partial charge in [0.2, 0.25) is 11.0 Å². The van der Waals surface area contributed by atoms with Gasteiger partial charge in [-0.05, 0) is 57.3 Å². The Kier molecular flexibility index (Phi) is 9.54. The first-order chi connectivity index (χ1) is 24.6. The lowest BCUT2D eigenvalue weighted by atomic mass is 9.68. The summed E-state index contributed by atoms with van der Waals surface area (Å²) >= 11 is 1.15. The van der Waals surface area contributed by atoms with E-state index in [1.807, 2.05) is 206 Å².